The molecule has 1 aliphatic rings. The molecular formula is C12H14F2N2O. The highest BCUT2D eigenvalue weighted by Crippen LogP contribution is 2.19. The number of carbonyl (C=O) groups is 1. The van der Waals surface area contributed by atoms with Gasteiger partial charge >= 0.3 is 0 Å². The zero-order valence-corrected chi connectivity index (χ0v) is 9.54. The summed E-state index contributed by atoms with van der Waals surface area (Å²) in [5, 5.41) is 2.83. The maximum atomic E-state index is 13.0. The Morgan fingerprint density at radius 2 is 2.12 bits per heavy atom. The summed E-state index contributed by atoms with van der Waals surface area (Å²) in [4.78, 5) is 13.1. The summed E-state index contributed by atoms with van der Waals surface area (Å²) < 4.78 is 25.7. The van der Waals surface area contributed by atoms with E-state index in [1.54, 1.807) is 11.9 Å². The number of rotatable bonds is 4. The molecule has 3 nitrogen and oxygen atoms in total. The second-order valence-corrected chi connectivity index (χ2v) is 4.30. The summed E-state index contributed by atoms with van der Waals surface area (Å²) in [6, 6.07) is 3.89. The predicted octanol–water partition coefficient (Wildman–Crippen LogP) is 1.68. The van der Waals surface area contributed by atoms with Crippen LogP contribution in [0.5, 0.6) is 0 Å². The summed E-state index contributed by atoms with van der Waals surface area (Å²) in [6.07, 6.45) is 2.06. The van der Waals surface area contributed by atoms with Crippen molar-refractivity contribution in [2.75, 3.05) is 18.5 Å². The highest BCUT2D eigenvalue weighted by molar-refractivity contribution is 5.81. The summed E-state index contributed by atoms with van der Waals surface area (Å²) >= 11 is 0. The molecule has 92 valence electrons. The summed E-state index contributed by atoms with van der Waals surface area (Å²) in [6.45, 7) is 0.140. The van der Waals surface area contributed by atoms with E-state index in [-0.39, 0.29) is 12.5 Å². The summed E-state index contributed by atoms with van der Waals surface area (Å²) in [7, 11) is 1.67. The molecule has 1 N–H and O–H groups in total. The van der Waals surface area contributed by atoms with E-state index >= 15 is 0 Å². The maximum absolute atomic E-state index is 13.0. The minimum Gasteiger partial charge on any atom is -0.365 e. The quantitative estimate of drug-likeness (QED) is 0.868. The van der Waals surface area contributed by atoms with Crippen LogP contribution in [0.2, 0.25) is 0 Å². The molecule has 1 saturated carbocycles. The number of anilines is 1. The Balaban J connectivity index is 1.95. The summed E-state index contributed by atoms with van der Waals surface area (Å²) in [5.74, 6) is -1.89. The van der Waals surface area contributed by atoms with Gasteiger partial charge in [-0.15, -0.1) is 0 Å². The van der Waals surface area contributed by atoms with Crippen LogP contribution in [0, 0.1) is 11.6 Å². The Morgan fingerprint density at radius 1 is 1.41 bits per heavy atom. The topological polar surface area (TPSA) is 32.3 Å². The number of amides is 1. The average molecular weight is 240 g/mol. The number of nitrogens with one attached hydrogen (secondary N) is 1. The van der Waals surface area contributed by atoms with E-state index in [9.17, 15) is 13.6 Å². The minimum absolute atomic E-state index is 0.0975. The molecule has 0 radical (unpaired) electrons. The lowest BCUT2D eigenvalue weighted by atomic mass is 10.2. The SMILES string of the molecule is CN(CC(=O)NC1CC1)c1ccc(F)c(F)c1. The van der Waals surface area contributed by atoms with Gasteiger partial charge < -0.3 is 10.2 Å². The van der Waals surface area contributed by atoms with Gasteiger partial charge in [-0.25, -0.2) is 8.78 Å². The Morgan fingerprint density at radius 3 is 2.71 bits per heavy atom. The van der Waals surface area contributed by atoms with Crippen LogP contribution in [0.1, 0.15) is 12.8 Å². The zero-order chi connectivity index (χ0) is 12.4. The molecule has 2 rings (SSSR count). The number of nitrogens with zero attached hydrogens (tertiary/aromatic N) is 1. The molecule has 1 aromatic carbocycles. The number of benzene rings is 1. The highest BCUT2D eigenvalue weighted by atomic mass is 19.2. The van der Waals surface area contributed by atoms with Crippen molar-refractivity contribution in [2.45, 2.75) is 18.9 Å². The van der Waals surface area contributed by atoms with Crippen LogP contribution in [0.3, 0.4) is 0 Å². The first-order valence-electron chi connectivity index (χ1n) is 5.52. The molecule has 0 saturated heterocycles. The fourth-order valence-electron chi connectivity index (χ4n) is 1.53. The first kappa shape index (κ1) is 11.8. The number of hydrogen-bond donors (Lipinski definition) is 1. The largest absolute Gasteiger partial charge is 0.365 e. The molecule has 5 heteroatoms. The molecule has 0 spiro atoms. The van der Waals surface area contributed by atoms with Gasteiger partial charge in [0, 0.05) is 24.8 Å². The van der Waals surface area contributed by atoms with Crippen molar-refractivity contribution in [3.8, 4) is 0 Å². The average Bonchev–Trinajstić information content (AvgIpc) is 3.05. The number of likely N-dealkylation sites (N-methyl/N-ethyl adjacent to an activating group) is 1. The molecule has 1 amide bonds. The smallest absolute Gasteiger partial charge is 0.239 e. The van der Waals surface area contributed by atoms with Gasteiger partial charge in [-0.1, -0.05) is 0 Å². The Bertz CT molecular complexity index is 433. The monoisotopic (exact) mass is 240 g/mol. The van der Waals surface area contributed by atoms with Gasteiger partial charge in [0.15, 0.2) is 11.6 Å². The second kappa shape index (κ2) is 4.69. The fourth-order valence-corrected chi connectivity index (χ4v) is 1.53. The Hall–Kier alpha value is -1.65. The summed E-state index contributed by atoms with van der Waals surface area (Å²) in [5.41, 5.74) is 0.481. The van der Waals surface area contributed by atoms with Gasteiger partial charge in [-0.3, -0.25) is 4.79 Å². The molecule has 0 aliphatic heterocycles. The van der Waals surface area contributed by atoms with Crippen LogP contribution in [0.15, 0.2) is 18.2 Å². The zero-order valence-electron chi connectivity index (χ0n) is 9.54. The van der Waals surface area contributed by atoms with Crippen LogP contribution < -0.4 is 10.2 Å². The van der Waals surface area contributed by atoms with E-state index in [0.29, 0.717) is 11.7 Å². The van der Waals surface area contributed by atoms with E-state index in [1.165, 1.54) is 6.07 Å². The lowest BCUT2D eigenvalue weighted by Gasteiger charge is -2.18. The molecule has 0 aromatic heterocycles. The van der Waals surface area contributed by atoms with Gasteiger partial charge in [-0.05, 0) is 25.0 Å². The van der Waals surface area contributed by atoms with Gasteiger partial charge in [0.05, 0.1) is 6.54 Å². The van der Waals surface area contributed by atoms with Gasteiger partial charge in [-0.2, -0.15) is 0 Å². The second-order valence-electron chi connectivity index (χ2n) is 4.30. The number of hydrogen-bond acceptors (Lipinski definition) is 2. The lowest BCUT2D eigenvalue weighted by Crippen LogP contribution is -2.36. The van der Waals surface area contributed by atoms with Crippen molar-refractivity contribution in [3.63, 3.8) is 0 Å². The lowest BCUT2D eigenvalue weighted by molar-refractivity contribution is -0.119. The molecule has 1 aromatic rings. The minimum atomic E-state index is -0.906. The van der Waals surface area contributed by atoms with Crippen LogP contribution >= 0.6 is 0 Å². The fraction of sp³-hybridized carbons (Fsp3) is 0.417. The van der Waals surface area contributed by atoms with Crippen LogP contribution in [0.4, 0.5) is 14.5 Å². The molecule has 1 aliphatic carbocycles. The number of halogens is 2. The van der Waals surface area contributed by atoms with Crippen LogP contribution in [-0.4, -0.2) is 25.5 Å². The van der Waals surface area contributed by atoms with E-state index in [1.807, 2.05) is 0 Å². The van der Waals surface area contributed by atoms with Crippen molar-refractivity contribution < 1.29 is 13.6 Å². The normalized spacial score (nSPS) is 14.5. The van der Waals surface area contributed by atoms with Crippen molar-refractivity contribution in [2.24, 2.45) is 0 Å². The molecule has 0 heterocycles. The third-order valence-electron chi connectivity index (χ3n) is 2.67. The first-order chi connectivity index (χ1) is 8.06. The highest BCUT2D eigenvalue weighted by Gasteiger charge is 2.23. The molecule has 0 atom stereocenters. The van der Waals surface area contributed by atoms with Gasteiger partial charge in [0.1, 0.15) is 0 Å². The Kier molecular flexibility index (Phi) is 3.26. The van der Waals surface area contributed by atoms with Crippen LogP contribution in [0.25, 0.3) is 0 Å². The molecule has 0 bridgehead atoms. The third-order valence-corrected chi connectivity index (χ3v) is 2.67. The van der Waals surface area contributed by atoms with Crippen LogP contribution in [-0.2, 0) is 4.79 Å². The molecule has 0 unspecified atom stereocenters. The van der Waals surface area contributed by atoms with Gasteiger partial charge in [0.25, 0.3) is 0 Å². The van der Waals surface area contributed by atoms with Crippen molar-refractivity contribution in [3.05, 3.63) is 29.8 Å². The van der Waals surface area contributed by atoms with E-state index in [0.717, 1.165) is 25.0 Å². The molecular weight excluding hydrogens is 226 g/mol. The predicted molar refractivity (Wildman–Crippen MR) is 60.8 cm³/mol. The Labute approximate surface area is 98.4 Å². The molecule has 1 fully saturated rings. The third kappa shape index (κ3) is 3.15. The van der Waals surface area contributed by atoms with E-state index in [2.05, 4.69) is 5.32 Å². The number of carbonyl (C=O) groups excluding carboxylic acids is 1. The van der Waals surface area contributed by atoms with Crippen molar-refractivity contribution >= 4 is 11.6 Å². The molecule has 17 heavy (non-hydrogen) atoms. The standard InChI is InChI=1S/C12H14F2N2O/c1-16(7-12(17)15-8-2-3-8)9-4-5-10(13)11(14)6-9/h4-6,8H,2-3,7H2,1H3,(H,15,17). The van der Waals surface area contributed by atoms with Crippen molar-refractivity contribution in [1.82, 2.24) is 5.32 Å². The maximum Gasteiger partial charge on any atom is 0.239 e. The van der Waals surface area contributed by atoms with Crippen molar-refractivity contribution in [1.29, 1.82) is 0 Å². The van der Waals surface area contributed by atoms with E-state index < -0.39 is 11.6 Å². The first-order valence-corrected chi connectivity index (χ1v) is 5.52. The van der Waals surface area contributed by atoms with Gasteiger partial charge in [0.2, 0.25) is 5.91 Å². The van der Waals surface area contributed by atoms with E-state index in [4.69, 9.17) is 0 Å².